The third-order valence-electron chi connectivity index (χ3n) is 3.02. The van der Waals surface area contributed by atoms with Gasteiger partial charge in [0.25, 0.3) is 11.8 Å². The predicted molar refractivity (Wildman–Crippen MR) is 94.5 cm³/mol. The van der Waals surface area contributed by atoms with Crippen molar-refractivity contribution in [3.63, 3.8) is 0 Å². The number of benzene rings is 1. The summed E-state index contributed by atoms with van der Waals surface area (Å²) in [4.78, 5) is 27.2. The van der Waals surface area contributed by atoms with Gasteiger partial charge in [0.2, 0.25) is 0 Å². The van der Waals surface area contributed by atoms with E-state index in [2.05, 4.69) is 20.8 Å². The van der Waals surface area contributed by atoms with Crippen molar-refractivity contribution in [1.29, 1.82) is 0 Å². The first-order chi connectivity index (χ1) is 12.0. The second kappa shape index (κ2) is 9.17. The molecular weight excluding hydrogens is 320 g/mol. The molecule has 0 bridgehead atoms. The van der Waals surface area contributed by atoms with E-state index >= 15 is 0 Å². The lowest BCUT2D eigenvalue weighted by Crippen LogP contribution is -2.34. The Morgan fingerprint density at radius 1 is 1.16 bits per heavy atom. The van der Waals surface area contributed by atoms with E-state index in [0.29, 0.717) is 11.3 Å². The van der Waals surface area contributed by atoms with Crippen LogP contribution >= 0.6 is 0 Å². The first-order valence-electron chi connectivity index (χ1n) is 7.80. The lowest BCUT2D eigenvalue weighted by molar-refractivity contribution is -0.123. The molecule has 0 saturated carbocycles. The van der Waals surface area contributed by atoms with Gasteiger partial charge in [0.15, 0.2) is 6.61 Å². The highest BCUT2D eigenvalue weighted by atomic mass is 16.5. The van der Waals surface area contributed by atoms with Crippen molar-refractivity contribution in [2.24, 2.45) is 5.10 Å². The largest absolute Gasteiger partial charge is 0.484 e. The fourth-order valence-electron chi connectivity index (χ4n) is 1.90. The highest BCUT2D eigenvalue weighted by Crippen LogP contribution is 2.10. The van der Waals surface area contributed by atoms with E-state index in [-0.39, 0.29) is 24.5 Å². The van der Waals surface area contributed by atoms with Crippen LogP contribution in [0.2, 0.25) is 0 Å². The summed E-state index contributed by atoms with van der Waals surface area (Å²) in [6.45, 7) is 3.74. The van der Waals surface area contributed by atoms with Gasteiger partial charge in [-0.05, 0) is 55.8 Å². The Labute approximate surface area is 146 Å². The van der Waals surface area contributed by atoms with Crippen LogP contribution < -0.4 is 15.5 Å². The second-order valence-corrected chi connectivity index (χ2v) is 5.51. The predicted octanol–water partition coefficient (Wildman–Crippen LogP) is 1.75. The molecule has 1 aromatic carbocycles. The normalized spacial score (nSPS) is 10.7. The highest BCUT2D eigenvalue weighted by molar-refractivity contribution is 5.94. The number of aromatic nitrogens is 1. The van der Waals surface area contributed by atoms with Gasteiger partial charge >= 0.3 is 0 Å². The van der Waals surface area contributed by atoms with E-state index in [1.54, 1.807) is 48.8 Å². The molecule has 0 fully saturated rings. The van der Waals surface area contributed by atoms with Crippen LogP contribution in [-0.2, 0) is 4.79 Å². The van der Waals surface area contributed by atoms with Crippen LogP contribution in [0.4, 0.5) is 0 Å². The summed E-state index contributed by atoms with van der Waals surface area (Å²) < 4.78 is 5.39. The van der Waals surface area contributed by atoms with Crippen molar-refractivity contribution < 1.29 is 14.3 Å². The summed E-state index contributed by atoms with van der Waals surface area (Å²) in [5.41, 5.74) is 3.71. The molecule has 2 amide bonds. The summed E-state index contributed by atoms with van der Waals surface area (Å²) in [5.74, 6) is 0.103. The number of pyridine rings is 1. The van der Waals surface area contributed by atoms with Gasteiger partial charge in [-0.3, -0.25) is 14.6 Å². The number of amides is 2. The molecule has 0 aliphatic carbocycles. The van der Waals surface area contributed by atoms with Gasteiger partial charge in [-0.1, -0.05) is 0 Å². The fourth-order valence-corrected chi connectivity index (χ4v) is 1.90. The Balaban J connectivity index is 1.81. The Kier molecular flexibility index (Phi) is 6.65. The number of carbonyl (C=O) groups excluding carboxylic acids is 2. The maximum absolute atomic E-state index is 11.8. The first kappa shape index (κ1) is 18.1. The molecule has 1 heterocycles. The molecule has 1 aromatic heterocycles. The summed E-state index contributed by atoms with van der Waals surface area (Å²) in [6, 6.07) is 10.3. The quantitative estimate of drug-likeness (QED) is 0.593. The van der Waals surface area contributed by atoms with E-state index in [0.717, 1.165) is 5.56 Å². The number of carbonyl (C=O) groups is 2. The number of nitrogens with zero attached hydrogens (tertiary/aromatic N) is 2. The van der Waals surface area contributed by atoms with Crippen LogP contribution in [0.1, 0.15) is 29.8 Å². The molecule has 2 rings (SSSR count). The molecule has 130 valence electrons. The number of hydrogen-bond donors (Lipinski definition) is 2. The molecule has 2 N–H and O–H groups in total. The third-order valence-corrected chi connectivity index (χ3v) is 3.02. The molecule has 25 heavy (non-hydrogen) atoms. The molecule has 7 nitrogen and oxygen atoms in total. The lowest BCUT2D eigenvalue weighted by atomic mass is 10.2. The minimum Gasteiger partial charge on any atom is -0.484 e. The maximum Gasteiger partial charge on any atom is 0.271 e. The molecule has 0 saturated heterocycles. The van der Waals surface area contributed by atoms with Crippen LogP contribution in [0.5, 0.6) is 5.75 Å². The maximum atomic E-state index is 11.8. The highest BCUT2D eigenvalue weighted by Gasteiger charge is 2.04. The van der Waals surface area contributed by atoms with Crippen LogP contribution in [-0.4, -0.2) is 35.7 Å². The van der Waals surface area contributed by atoms with E-state index in [1.807, 2.05) is 13.8 Å². The van der Waals surface area contributed by atoms with Gasteiger partial charge in [0.1, 0.15) is 5.75 Å². The van der Waals surface area contributed by atoms with Crippen LogP contribution in [0.3, 0.4) is 0 Å². The van der Waals surface area contributed by atoms with Crippen LogP contribution in [0.15, 0.2) is 53.9 Å². The summed E-state index contributed by atoms with van der Waals surface area (Å²) in [7, 11) is 0. The molecule has 0 atom stereocenters. The topological polar surface area (TPSA) is 92.7 Å². The van der Waals surface area contributed by atoms with Gasteiger partial charge in [0.05, 0.1) is 6.21 Å². The minimum absolute atomic E-state index is 0.0341. The molecule has 7 heteroatoms. The molecule has 0 aliphatic heterocycles. The first-order valence-corrected chi connectivity index (χ1v) is 7.80. The monoisotopic (exact) mass is 340 g/mol. The van der Waals surface area contributed by atoms with Gasteiger partial charge < -0.3 is 10.1 Å². The van der Waals surface area contributed by atoms with Gasteiger partial charge in [-0.15, -0.1) is 0 Å². The summed E-state index contributed by atoms with van der Waals surface area (Å²) in [5, 5.41) is 6.65. The van der Waals surface area contributed by atoms with Crippen molar-refractivity contribution in [3.8, 4) is 5.75 Å². The average Bonchev–Trinajstić information content (AvgIpc) is 2.61. The molecule has 2 aromatic rings. The van der Waals surface area contributed by atoms with E-state index in [1.165, 1.54) is 6.21 Å². The number of rotatable bonds is 7. The number of ether oxygens (including phenoxy) is 1. The Bertz CT molecular complexity index is 728. The molecule has 0 unspecified atom stereocenters. The minimum atomic E-state index is -0.310. The number of nitrogens with one attached hydrogen (secondary N) is 2. The van der Waals surface area contributed by atoms with Crippen LogP contribution in [0, 0.1) is 0 Å². The zero-order valence-electron chi connectivity index (χ0n) is 14.1. The van der Waals surface area contributed by atoms with Gasteiger partial charge in [-0.25, -0.2) is 5.43 Å². The second-order valence-electron chi connectivity index (χ2n) is 5.51. The van der Waals surface area contributed by atoms with Gasteiger partial charge in [-0.2, -0.15) is 5.10 Å². The van der Waals surface area contributed by atoms with E-state index < -0.39 is 0 Å². The average molecular weight is 340 g/mol. The van der Waals surface area contributed by atoms with E-state index in [4.69, 9.17) is 4.74 Å². The number of hydrogen-bond acceptors (Lipinski definition) is 5. The third kappa shape index (κ3) is 6.42. The standard InChI is InChI=1S/C18H20N4O3/c1-13(2)21-17(23)12-25-16-5-3-14(4-6-16)11-20-22-18(24)15-7-9-19-10-8-15/h3-11,13H,12H2,1-2H3,(H,21,23)(H,22,24)/b20-11+. The smallest absolute Gasteiger partial charge is 0.271 e. The molecular formula is C18H20N4O3. The SMILES string of the molecule is CC(C)NC(=O)COc1ccc(/C=N/NC(=O)c2ccncc2)cc1. The zero-order valence-corrected chi connectivity index (χ0v) is 14.1. The molecule has 0 aliphatic rings. The number of hydrazone groups is 1. The summed E-state index contributed by atoms with van der Waals surface area (Å²) >= 11 is 0. The molecule has 0 radical (unpaired) electrons. The van der Waals surface area contributed by atoms with Crippen molar-refractivity contribution in [2.75, 3.05) is 6.61 Å². The Hall–Kier alpha value is -3.22. The van der Waals surface area contributed by atoms with Crippen molar-refractivity contribution in [2.45, 2.75) is 19.9 Å². The summed E-state index contributed by atoms with van der Waals surface area (Å²) in [6.07, 6.45) is 4.60. The van der Waals surface area contributed by atoms with Gasteiger partial charge in [0, 0.05) is 24.0 Å². The van der Waals surface area contributed by atoms with Crippen molar-refractivity contribution >= 4 is 18.0 Å². The van der Waals surface area contributed by atoms with E-state index in [9.17, 15) is 9.59 Å². The zero-order chi connectivity index (χ0) is 18.1. The molecule has 0 spiro atoms. The lowest BCUT2D eigenvalue weighted by Gasteiger charge is -2.09. The Morgan fingerprint density at radius 2 is 1.84 bits per heavy atom. The van der Waals surface area contributed by atoms with Crippen molar-refractivity contribution in [1.82, 2.24) is 15.7 Å². The van der Waals surface area contributed by atoms with Crippen molar-refractivity contribution in [3.05, 3.63) is 59.9 Å². The fraction of sp³-hybridized carbons (Fsp3) is 0.222. The Morgan fingerprint density at radius 3 is 2.48 bits per heavy atom. The van der Waals surface area contributed by atoms with Crippen LogP contribution in [0.25, 0.3) is 0 Å².